The largest absolute Gasteiger partial charge is 0.448 e. The van der Waals surface area contributed by atoms with Crippen LogP contribution < -0.4 is 10.6 Å². The van der Waals surface area contributed by atoms with Gasteiger partial charge in [0.05, 0.1) is 34.9 Å². The number of anilines is 3. The molecule has 0 bridgehead atoms. The van der Waals surface area contributed by atoms with E-state index in [1.54, 1.807) is 48.8 Å². The summed E-state index contributed by atoms with van der Waals surface area (Å²) in [4.78, 5) is 21.5. The van der Waals surface area contributed by atoms with E-state index < -0.39 is 16.7 Å². The lowest BCUT2D eigenvalue weighted by Gasteiger charge is -2.16. The van der Waals surface area contributed by atoms with Crippen molar-refractivity contribution < 1.29 is 18.8 Å². The van der Waals surface area contributed by atoms with E-state index in [1.165, 1.54) is 11.3 Å². The molecule has 3 rings (SSSR count). The molecule has 2 heterocycles. The molecular weight excluding hydrogens is 464 g/mol. The summed E-state index contributed by atoms with van der Waals surface area (Å²) in [5.41, 5.74) is 1.89. The summed E-state index contributed by atoms with van der Waals surface area (Å²) in [5, 5.41) is 26.5. The van der Waals surface area contributed by atoms with Crippen molar-refractivity contribution >= 4 is 45.5 Å². The molecule has 1 unspecified atom stereocenters. The summed E-state index contributed by atoms with van der Waals surface area (Å²) >= 11 is 1.40. The van der Waals surface area contributed by atoms with Crippen molar-refractivity contribution in [2.75, 3.05) is 23.8 Å². The number of aromatic nitrogens is 2. The molecule has 3 N–H and O–H groups in total. The summed E-state index contributed by atoms with van der Waals surface area (Å²) in [6.45, 7) is 3.53. The van der Waals surface area contributed by atoms with Crippen LogP contribution in [0.2, 0.25) is 0 Å². The second-order valence-electron chi connectivity index (χ2n) is 6.74. The Balaban J connectivity index is 1.83. The number of hydrogen-bond donors (Lipinski definition) is 4. The highest BCUT2D eigenvalue weighted by Crippen LogP contribution is 2.32. The van der Waals surface area contributed by atoms with Crippen LogP contribution in [-0.4, -0.2) is 44.6 Å². The minimum atomic E-state index is -2.26. The van der Waals surface area contributed by atoms with Crippen LogP contribution in [0.4, 0.5) is 22.2 Å². The molecule has 2 atom stereocenters. The molecule has 3 aromatic rings. The first-order valence-electron chi connectivity index (χ1n) is 9.89. The molecule has 0 fully saturated rings. The maximum absolute atomic E-state index is 12.2. The number of nitrogens with zero attached hydrogens (tertiary/aromatic N) is 4. The minimum Gasteiger partial charge on any atom is -0.448 e. The molecule has 0 aliphatic heterocycles. The Morgan fingerprint density at radius 1 is 1.39 bits per heavy atom. The van der Waals surface area contributed by atoms with E-state index in [1.807, 2.05) is 6.92 Å². The zero-order valence-corrected chi connectivity index (χ0v) is 19.6. The van der Waals surface area contributed by atoms with Crippen LogP contribution in [0.15, 0.2) is 51.2 Å². The van der Waals surface area contributed by atoms with Gasteiger partial charge in [-0.25, -0.2) is 14.0 Å². The Morgan fingerprint density at radius 3 is 2.79 bits per heavy atom. The summed E-state index contributed by atoms with van der Waals surface area (Å²) in [6.07, 6.45) is 0.775. The average molecular weight is 487 g/mol. The van der Waals surface area contributed by atoms with Crippen molar-refractivity contribution in [2.45, 2.75) is 24.8 Å². The number of benzene rings is 1. The van der Waals surface area contributed by atoms with Gasteiger partial charge in [0.2, 0.25) is 5.95 Å². The number of aliphatic hydroxyl groups excluding tert-OH is 1. The standard InChI is InChI=1S/C21H22N6O4S2/c1-3-31-21(29)27-33(30)16-6-4-15(5-7-16)25-20-23-10-17(18-8-14(9-22)12-32-18)19(26-20)24-13(2)11-28/h4-8,10,12-13,28,33H,3,11H2,1-2H3,(H2,23,24,25,26)/t13-/m1/s1. The first-order valence-corrected chi connectivity index (χ1v) is 12.0. The molecule has 0 spiro atoms. The van der Waals surface area contributed by atoms with Gasteiger partial charge in [0.1, 0.15) is 11.9 Å². The van der Waals surface area contributed by atoms with E-state index in [-0.39, 0.29) is 19.3 Å². The summed E-state index contributed by atoms with van der Waals surface area (Å²) in [5.74, 6) is 0.810. The van der Waals surface area contributed by atoms with E-state index in [0.29, 0.717) is 33.5 Å². The summed E-state index contributed by atoms with van der Waals surface area (Å²) in [6, 6.07) is 10.1. The van der Waals surface area contributed by atoms with Gasteiger partial charge in [-0.2, -0.15) is 10.2 Å². The van der Waals surface area contributed by atoms with E-state index >= 15 is 0 Å². The highest BCUT2D eigenvalue weighted by molar-refractivity contribution is 7.75. The molecule has 1 aromatic carbocycles. The second kappa shape index (κ2) is 11.4. The van der Waals surface area contributed by atoms with Crippen molar-refractivity contribution in [3.63, 3.8) is 0 Å². The number of ether oxygens (including phenoxy) is 1. The maximum atomic E-state index is 12.2. The fraction of sp³-hybridized carbons (Fsp3) is 0.238. The monoisotopic (exact) mass is 486 g/mol. The minimum absolute atomic E-state index is 0.0867. The van der Waals surface area contributed by atoms with Crippen molar-refractivity contribution in [3.05, 3.63) is 47.5 Å². The lowest BCUT2D eigenvalue weighted by molar-refractivity contribution is 0.164. The molecule has 33 heavy (non-hydrogen) atoms. The molecule has 10 nitrogen and oxygen atoms in total. The van der Waals surface area contributed by atoms with Crippen LogP contribution >= 0.6 is 11.3 Å². The molecule has 0 saturated heterocycles. The van der Waals surface area contributed by atoms with Gasteiger partial charge in [-0.05, 0) is 44.2 Å². The number of nitrogens with one attached hydrogen (secondary N) is 2. The highest BCUT2D eigenvalue weighted by Gasteiger charge is 2.14. The molecular formula is C21H22N6O4S2. The van der Waals surface area contributed by atoms with Crippen LogP contribution in [0.3, 0.4) is 0 Å². The number of hydrogen-bond acceptors (Lipinski definition) is 10. The second-order valence-corrected chi connectivity index (χ2v) is 8.91. The van der Waals surface area contributed by atoms with E-state index in [4.69, 9.17) is 5.26 Å². The smallest absolute Gasteiger partial charge is 0.441 e. The lowest BCUT2D eigenvalue weighted by atomic mass is 10.2. The van der Waals surface area contributed by atoms with Gasteiger partial charge < -0.3 is 20.5 Å². The predicted molar refractivity (Wildman–Crippen MR) is 127 cm³/mol. The van der Waals surface area contributed by atoms with Crippen LogP contribution in [0.1, 0.15) is 19.4 Å². The fourth-order valence-electron chi connectivity index (χ4n) is 2.63. The van der Waals surface area contributed by atoms with E-state index in [0.717, 1.165) is 4.88 Å². The summed E-state index contributed by atoms with van der Waals surface area (Å²) in [7, 11) is -2.26. The molecule has 172 valence electrons. The zero-order valence-electron chi connectivity index (χ0n) is 17.8. The van der Waals surface area contributed by atoms with Crippen molar-refractivity contribution in [2.24, 2.45) is 4.36 Å². The van der Waals surface area contributed by atoms with Crippen LogP contribution in [0, 0.1) is 11.3 Å². The number of thiol groups is 1. The number of rotatable bonds is 8. The van der Waals surface area contributed by atoms with Gasteiger partial charge in [-0.1, -0.05) is 0 Å². The van der Waals surface area contributed by atoms with Crippen molar-refractivity contribution in [1.29, 1.82) is 5.26 Å². The topological polar surface area (TPSA) is 150 Å². The van der Waals surface area contributed by atoms with Crippen molar-refractivity contribution in [3.8, 4) is 16.5 Å². The lowest BCUT2D eigenvalue weighted by Crippen LogP contribution is -2.21. The molecule has 0 saturated carbocycles. The van der Waals surface area contributed by atoms with Crippen LogP contribution in [0.25, 0.3) is 10.4 Å². The van der Waals surface area contributed by atoms with Gasteiger partial charge in [0.25, 0.3) is 0 Å². The predicted octanol–water partition coefficient (Wildman–Crippen LogP) is 3.79. The molecule has 2 aromatic heterocycles. The summed E-state index contributed by atoms with van der Waals surface area (Å²) < 4.78 is 20.3. The number of amides is 1. The van der Waals surface area contributed by atoms with Gasteiger partial charge in [0, 0.05) is 33.1 Å². The van der Waals surface area contributed by atoms with Gasteiger partial charge in [-0.3, -0.25) is 0 Å². The average Bonchev–Trinajstić information content (AvgIpc) is 3.29. The molecule has 1 amide bonds. The quantitative estimate of drug-likeness (QED) is 0.349. The van der Waals surface area contributed by atoms with Gasteiger partial charge in [-0.15, -0.1) is 15.7 Å². The van der Waals surface area contributed by atoms with Gasteiger partial charge in [0.15, 0.2) is 0 Å². The zero-order chi connectivity index (χ0) is 23.8. The van der Waals surface area contributed by atoms with E-state index in [9.17, 15) is 14.1 Å². The molecule has 0 aliphatic carbocycles. The number of thiophene rings is 1. The van der Waals surface area contributed by atoms with Crippen LogP contribution in [-0.2, 0) is 15.3 Å². The number of carbonyl (C=O) groups excluding carboxylic acids is 1. The Bertz CT molecular complexity index is 1250. The van der Waals surface area contributed by atoms with Crippen molar-refractivity contribution in [1.82, 2.24) is 9.97 Å². The normalized spacial score (nSPS) is 12.5. The first kappa shape index (κ1) is 24.1. The van der Waals surface area contributed by atoms with Gasteiger partial charge >= 0.3 is 6.09 Å². The third kappa shape index (κ3) is 6.48. The maximum Gasteiger partial charge on any atom is 0.441 e. The number of aliphatic hydroxyl groups is 1. The van der Waals surface area contributed by atoms with E-state index in [2.05, 4.69) is 35.8 Å². The third-order valence-electron chi connectivity index (χ3n) is 4.22. The number of nitriles is 1. The Morgan fingerprint density at radius 2 is 2.15 bits per heavy atom. The molecule has 0 aliphatic rings. The first-order chi connectivity index (χ1) is 15.9. The Labute approximate surface area is 196 Å². The third-order valence-corrected chi connectivity index (χ3v) is 6.27. The number of carbonyl (C=O) groups is 1. The van der Waals surface area contributed by atoms with Crippen LogP contribution in [0.5, 0.6) is 0 Å². The highest BCUT2D eigenvalue weighted by atomic mass is 32.2. The Hall–Kier alpha value is -3.53. The Kier molecular flexibility index (Phi) is 8.31. The SMILES string of the molecule is CCOC(=O)N=[SH](=O)c1ccc(Nc2ncc(-c3cc(C#N)cs3)c(N[C@H](C)CO)n2)cc1. The molecule has 12 heteroatoms. The molecule has 0 radical (unpaired) electrons. The fourth-order valence-corrected chi connectivity index (χ4v) is 4.20.